The molecule has 4 rings (SSSR count). The van der Waals surface area contributed by atoms with Crippen LogP contribution in [0.15, 0.2) is 60.8 Å². The summed E-state index contributed by atoms with van der Waals surface area (Å²) in [6.07, 6.45) is -3.63. The molecule has 0 radical (unpaired) electrons. The molecule has 0 saturated carbocycles. The Morgan fingerprint density at radius 2 is 1.78 bits per heavy atom. The molecule has 5 nitrogen and oxygen atoms in total. The van der Waals surface area contributed by atoms with Crippen LogP contribution in [0.2, 0.25) is 5.02 Å². The van der Waals surface area contributed by atoms with Crippen molar-refractivity contribution < 1.29 is 31.1 Å². The Morgan fingerprint density at radius 1 is 1.06 bits per heavy atom. The van der Waals surface area contributed by atoms with Gasteiger partial charge in [-0.3, -0.25) is 9.78 Å². The second kappa shape index (κ2) is 8.22. The number of fused-ring (bicyclic) bond motifs is 1. The summed E-state index contributed by atoms with van der Waals surface area (Å²) in [4.78, 5) is 17.1. The molecule has 2 heterocycles. The number of carbonyl (C=O) groups is 1. The lowest BCUT2D eigenvalue weighted by atomic mass is 9.95. The van der Waals surface area contributed by atoms with E-state index in [1.807, 2.05) is 0 Å². The van der Waals surface area contributed by atoms with E-state index in [1.54, 1.807) is 30.3 Å². The van der Waals surface area contributed by atoms with E-state index in [4.69, 9.17) is 16.3 Å². The minimum atomic E-state index is -4.95. The molecule has 0 aliphatic carbocycles. The van der Waals surface area contributed by atoms with Crippen molar-refractivity contribution in [1.82, 2.24) is 4.98 Å². The van der Waals surface area contributed by atoms with Crippen LogP contribution in [-0.2, 0) is 28.4 Å². The Labute approximate surface area is 186 Å². The smallest absolute Gasteiger partial charge is 0.416 e. The van der Waals surface area contributed by atoms with Gasteiger partial charge in [-0.05, 0) is 29.8 Å². The number of hydrogen-bond donors (Lipinski definition) is 0. The highest BCUT2D eigenvalue weighted by Crippen LogP contribution is 2.48. The third-order valence-corrected chi connectivity index (χ3v) is 7.17. The van der Waals surface area contributed by atoms with Crippen LogP contribution >= 0.6 is 11.6 Å². The Bertz CT molecular complexity index is 1290. The number of ether oxygens (including phenoxy) is 1. The third kappa shape index (κ3) is 4.10. The van der Waals surface area contributed by atoms with Gasteiger partial charge >= 0.3 is 6.18 Å². The van der Waals surface area contributed by atoms with Gasteiger partial charge in [-0.1, -0.05) is 41.9 Å². The first-order valence-electron chi connectivity index (χ1n) is 9.35. The first kappa shape index (κ1) is 22.3. The highest BCUT2D eigenvalue weighted by atomic mass is 35.5. The van der Waals surface area contributed by atoms with Crippen molar-refractivity contribution >= 4 is 27.2 Å². The minimum absolute atomic E-state index is 0.00362. The summed E-state index contributed by atoms with van der Waals surface area (Å²) in [5, 5.41) is -2.36. The topological polar surface area (TPSA) is 73.3 Å². The van der Waals surface area contributed by atoms with Crippen molar-refractivity contribution in [2.24, 2.45) is 0 Å². The fourth-order valence-electron chi connectivity index (χ4n) is 3.62. The largest absolute Gasteiger partial charge is 0.487 e. The number of ketones is 1. The quantitative estimate of drug-likeness (QED) is 0.513. The van der Waals surface area contributed by atoms with Crippen LogP contribution in [0.1, 0.15) is 38.0 Å². The summed E-state index contributed by atoms with van der Waals surface area (Å²) in [6.45, 7) is -0.173. The molecule has 0 saturated heterocycles. The number of rotatable bonds is 4. The van der Waals surface area contributed by atoms with E-state index in [1.165, 1.54) is 18.3 Å². The van der Waals surface area contributed by atoms with Gasteiger partial charge in [0.25, 0.3) is 0 Å². The fourth-order valence-corrected chi connectivity index (χ4v) is 5.67. The number of benzene rings is 2. The van der Waals surface area contributed by atoms with E-state index in [9.17, 15) is 26.4 Å². The number of hydrogen-bond acceptors (Lipinski definition) is 5. The normalized spacial score (nSPS) is 17.6. The molecule has 0 bridgehead atoms. The zero-order valence-electron chi connectivity index (χ0n) is 16.3. The van der Waals surface area contributed by atoms with Crippen LogP contribution in [0.25, 0.3) is 0 Å². The molecule has 0 fully saturated rings. The van der Waals surface area contributed by atoms with E-state index < -0.39 is 49.7 Å². The van der Waals surface area contributed by atoms with E-state index in [0.29, 0.717) is 11.6 Å². The molecule has 1 aromatic heterocycles. The van der Waals surface area contributed by atoms with Gasteiger partial charge in [-0.15, -0.1) is 0 Å². The predicted molar refractivity (Wildman–Crippen MR) is 111 cm³/mol. The number of nitrogens with zero attached hydrogens (tertiary/aromatic N) is 1. The highest BCUT2D eigenvalue weighted by Gasteiger charge is 2.48. The lowest BCUT2D eigenvalue weighted by Crippen LogP contribution is -2.32. The summed E-state index contributed by atoms with van der Waals surface area (Å²) in [7, 11) is -4.39. The second-order valence-corrected chi connectivity index (χ2v) is 9.65. The van der Waals surface area contributed by atoms with Gasteiger partial charge in [0.05, 0.1) is 22.0 Å². The Morgan fingerprint density at radius 3 is 2.47 bits per heavy atom. The molecule has 3 aromatic rings. The van der Waals surface area contributed by atoms with Crippen LogP contribution in [-0.4, -0.2) is 19.2 Å². The van der Waals surface area contributed by atoms with Crippen molar-refractivity contribution in [3.63, 3.8) is 0 Å². The van der Waals surface area contributed by atoms with Crippen molar-refractivity contribution in [3.05, 3.63) is 93.8 Å². The molecule has 1 aliphatic heterocycles. The van der Waals surface area contributed by atoms with Crippen LogP contribution in [0.5, 0.6) is 5.75 Å². The predicted octanol–water partition coefficient (Wildman–Crippen LogP) is 5.19. The molecule has 1 unspecified atom stereocenters. The van der Waals surface area contributed by atoms with Gasteiger partial charge in [0, 0.05) is 17.3 Å². The van der Waals surface area contributed by atoms with E-state index in [0.717, 1.165) is 6.07 Å². The molecule has 10 heteroatoms. The number of carbonyl (C=O) groups excluding carboxylic acids is 1. The SMILES string of the molecule is O=C1c2cccnc2CS(=O)(=O)C1c1c(C(F)(F)F)ccc(Cl)c1OCc1ccccc1. The first-order valence-corrected chi connectivity index (χ1v) is 11.4. The fraction of sp³-hybridized carbons (Fsp3) is 0.182. The number of Topliss-reactive ketones (excluding diaryl/α,β-unsaturated/α-hetero) is 1. The molecule has 2 aromatic carbocycles. The van der Waals surface area contributed by atoms with Gasteiger partial charge in [0.15, 0.2) is 20.9 Å². The van der Waals surface area contributed by atoms with Crippen LogP contribution in [0.4, 0.5) is 13.2 Å². The summed E-state index contributed by atoms with van der Waals surface area (Å²) in [6, 6.07) is 13.0. The molecular formula is C22H15ClF3NO4S. The molecule has 1 atom stereocenters. The number of alkyl halides is 3. The molecule has 32 heavy (non-hydrogen) atoms. The summed E-state index contributed by atoms with van der Waals surface area (Å²) >= 11 is 6.17. The van der Waals surface area contributed by atoms with Gasteiger partial charge in [-0.2, -0.15) is 13.2 Å². The lowest BCUT2D eigenvalue weighted by Gasteiger charge is -2.27. The Kier molecular flexibility index (Phi) is 5.72. The van der Waals surface area contributed by atoms with E-state index >= 15 is 0 Å². The standard InChI is InChI=1S/C22H15ClF3NO4S/c23-16-9-8-15(22(24,25)26)18(20(16)31-11-13-5-2-1-3-6-13)21-19(28)14-7-4-10-27-17(14)12-32(21,29)30/h1-10,21H,11-12H2. The van der Waals surface area contributed by atoms with Crippen LogP contribution in [0.3, 0.4) is 0 Å². The Balaban J connectivity index is 1.92. The minimum Gasteiger partial charge on any atom is -0.487 e. The summed E-state index contributed by atoms with van der Waals surface area (Å²) in [5.74, 6) is -2.17. The summed E-state index contributed by atoms with van der Waals surface area (Å²) < 4.78 is 73.5. The number of pyridine rings is 1. The molecular weight excluding hydrogens is 467 g/mol. The molecule has 0 N–H and O–H groups in total. The van der Waals surface area contributed by atoms with Crippen LogP contribution in [0, 0.1) is 0 Å². The maximum absolute atomic E-state index is 13.9. The number of halogens is 4. The van der Waals surface area contributed by atoms with Gasteiger partial charge in [0.1, 0.15) is 12.4 Å². The maximum atomic E-state index is 13.9. The monoisotopic (exact) mass is 481 g/mol. The summed E-state index contributed by atoms with van der Waals surface area (Å²) in [5.41, 5.74) is -1.52. The first-order chi connectivity index (χ1) is 15.1. The number of sulfone groups is 1. The van der Waals surface area contributed by atoms with E-state index in [-0.39, 0.29) is 22.9 Å². The highest BCUT2D eigenvalue weighted by molar-refractivity contribution is 7.91. The van der Waals surface area contributed by atoms with Crippen molar-refractivity contribution in [2.45, 2.75) is 23.8 Å². The van der Waals surface area contributed by atoms with Crippen LogP contribution < -0.4 is 4.74 Å². The third-order valence-electron chi connectivity index (χ3n) is 5.03. The average Bonchev–Trinajstić information content (AvgIpc) is 2.72. The second-order valence-electron chi connectivity index (χ2n) is 7.16. The van der Waals surface area contributed by atoms with Crippen molar-refractivity contribution in [3.8, 4) is 5.75 Å². The van der Waals surface area contributed by atoms with Gasteiger partial charge in [0.2, 0.25) is 0 Å². The maximum Gasteiger partial charge on any atom is 0.416 e. The van der Waals surface area contributed by atoms with Gasteiger partial charge < -0.3 is 4.74 Å². The molecule has 0 spiro atoms. The van der Waals surface area contributed by atoms with E-state index in [2.05, 4.69) is 4.98 Å². The molecule has 1 aliphatic rings. The van der Waals surface area contributed by atoms with Gasteiger partial charge in [-0.25, -0.2) is 8.42 Å². The Hall–Kier alpha value is -2.91. The van der Waals surface area contributed by atoms with Crippen molar-refractivity contribution in [1.29, 1.82) is 0 Å². The zero-order chi connectivity index (χ0) is 23.1. The zero-order valence-corrected chi connectivity index (χ0v) is 17.8. The lowest BCUT2D eigenvalue weighted by molar-refractivity contribution is -0.138. The number of aromatic nitrogens is 1. The average molecular weight is 482 g/mol. The van der Waals surface area contributed by atoms with Crippen molar-refractivity contribution in [2.75, 3.05) is 0 Å². The molecule has 0 amide bonds. The molecule has 166 valence electrons.